The molecule has 0 fully saturated rings. The lowest BCUT2D eigenvalue weighted by Crippen LogP contribution is -2.14. The molecular formula is C20H38O5S. The smallest absolute Gasteiger partial charge is 0.316 e. The van der Waals surface area contributed by atoms with Crippen molar-refractivity contribution in [2.24, 2.45) is 0 Å². The van der Waals surface area contributed by atoms with Gasteiger partial charge in [0.25, 0.3) is 0 Å². The van der Waals surface area contributed by atoms with Gasteiger partial charge >= 0.3 is 11.9 Å². The minimum Gasteiger partial charge on any atom is -0.481 e. The number of aliphatic carboxylic acids is 2. The molecule has 5 nitrogen and oxygen atoms in total. The second kappa shape index (κ2) is 20.3. The van der Waals surface area contributed by atoms with Crippen LogP contribution in [-0.2, 0) is 14.4 Å². The summed E-state index contributed by atoms with van der Waals surface area (Å²) in [4.78, 5) is 31.5. The van der Waals surface area contributed by atoms with Crippen LogP contribution in [0.2, 0.25) is 0 Å². The third kappa shape index (κ3) is 23.0. The molecule has 0 aromatic carbocycles. The van der Waals surface area contributed by atoms with E-state index in [9.17, 15) is 14.4 Å². The van der Waals surface area contributed by atoms with E-state index in [-0.39, 0.29) is 11.5 Å². The molecule has 0 aromatic heterocycles. The van der Waals surface area contributed by atoms with Gasteiger partial charge in [-0.25, -0.2) is 0 Å². The van der Waals surface area contributed by atoms with Crippen LogP contribution in [0.25, 0.3) is 0 Å². The van der Waals surface area contributed by atoms with Gasteiger partial charge in [0.15, 0.2) is 5.12 Å². The Balaban J connectivity index is 0. The van der Waals surface area contributed by atoms with Gasteiger partial charge < -0.3 is 10.2 Å². The van der Waals surface area contributed by atoms with E-state index in [1.54, 1.807) is 13.8 Å². The Labute approximate surface area is 163 Å². The molecule has 154 valence electrons. The third-order valence-corrected chi connectivity index (χ3v) is 4.97. The molecule has 0 bridgehead atoms. The number of thioether (sulfide) groups is 1. The molecule has 0 aliphatic carbocycles. The average Bonchev–Trinajstić information content (AvgIpc) is 2.60. The van der Waals surface area contributed by atoms with E-state index in [1.807, 2.05) is 0 Å². The standard InChI is InChI=1S/C17H32O3S.C3H6O2/c1-3-4-5-6-7-8-9-10-11-12-13-14-16(18)21-15(2)17(19)20;1-2-3(4)5/h15H,3-14H2,1-2H3,(H,19,20);2H2,1H3,(H,4,5). The Kier molecular flexibility index (Phi) is 21.2. The van der Waals surface area contributed by atoms with E-state index >= 15 is 0 Å². The minimum absolute atomic E-state index is 0.0147. The molecule has 0 amide bonds. The summed E-state index contributed by atoms with van der Waals surface area (Å²) in [6, 6.07) is 0. The lowest BCUT2D eigenvalue weighted by molar-refractivity contribution is -0.137. The van der Waals surface area contributed by atoms with Gasteiger partial charge in [-0.2, -0.15) is 0 Å². The summed E-state index contributed by atoms with van der Waals surface area (Å²) < 4.78 is 0. The highest BCUT2D eigenvalue weighted by Crippen LogP contribution is 2.17. The van der Waals surface area contributed by atoms with E-state index in [1.165, 1.54) is 57.8 Å². The van der Waals surface area contributed by atoms with Crippen molar-refractivity contribution in [3.63, 3.8) is 0 Å². The van der Waals surface area contributed by atoms with E-state index in [2.05, 4.69) is 6.92 Å². The molecule has 0 aromatic rings. The number of hydrogen-bond donors (Lipinski definition) is 2. The lowest BCUT2D eigenvalue weighted by atomic mass is 10.1. The number of carboxylic acids is 2. The largest absolute Gasteiger partial charge is 0.481 e. The van der Waals surface area contributed by atoms with Crippen molar-refractivity contribution < 1.29 is 24.6 Å². The van der Waals surface area contributed by atoms with Crippen molar-refractivity contribution in [1.82, 2.24) is 0 Å². The molecule has 2 N–H and O–H groups in total. The van der Waals surface area contributed by atoms with Crippen LogP contribution in [0.4, 0.5) is 0 Å². The molecule has 6 heteroatoms. The Morgan fingerprint density at radius 2 is 1.15 bits per heavy atom. The Morgan fingerprint density at radius 1 is 0.769 bits per heavy atom. The van der Waals surface area contributed by atoms with Gasteiger partial charge in [-0.1, -0.05) is 89.8 Å². The summed E-state index contributed by atoms with van der Waals surface area (Å²) in [5.41, 5.74) is 0. The maximum Gasteiger partial charge on any atom is 0.316 e. The van der Waals surface area contributed by atoms with Crippen LogP contribution in [0.3, 0.4) is 0 Å². The highest BCUT2D eigenvalue weighted by atomic mass is 32.2. The normalized spacial score (nSPS) is 11.3. The van der Waals surface area contributed by atoms with Crippen molar-refractivity contribution in [1.29, 1.82) is 0 Å². The van der Waals surface area contributed by atoms with E-state index < -0.39 is 17.2 Å². The van der Waals surface area contributed by atoms with Crippen LogP contribution in [0, 0.1) is 0 Å². The Morgan fingerprint density at radius 3 is 1.50 bits per heavy atom. The van der Waals surface area contributed by atoms with Gasteiger partial charge in [0.1, 0.15) is 5.25 Å². The molecule has 0 saturated heterocycles. The average molecular weight is 391 g/mol. The number of carbonyl (C=O) groups is 3. The van der Waals surface area contributed by atoms with Crippen molar-refractivity contribution in [2.75, 3.05) is 0 Å². The van der Waals surface area contributed by atoms with Crippen LogP contribution in [-0.4, -0.2) is 32.5 Å². The third-order valence-electron chi connectivity index (χ3n) is 3.94. The van der Waals surface area contributed by atoms with E-state index in [0.717, 1.165) is 24.6 Å². The number of carbonyl (C=O) groups excluding carboxylic acids is 1. The maximum atomic E-state index is 11.5. The summed E-state index contributed by atoms with van der Waals surface area (Å²) in [6.07, 6.45) is 14.6. The molecule has 0 heterocycles. The first-order valence-corrected chi connectivity index (χ1v) is 10.9. The van der Waals surface area contributed by atoms with Crippen molar-refractivity contribution in [3.8, 4) is 0 Å². The monoisotopic (exact) mass is 390 g/mol. The minimum atomic E-state index is -0.910. The topological polar surface area (TPSA) is 91.7 Å². The number of unbranched alkanes of at least 4 members (excludes halogenated alkanes) is 10. The van der Waals surface area contributed by atoms with E-state index in [0.29, 0.717) is 6.42 Å². The van der Waals surface area contributed by atoms with Crippen LogP contribution in [0.1, 0.15) is 104 Å². The van der Waals surface area contributed by atoms with Crippen molar-refractivity contribution in [2.45, 2.75) is 109 Å². The molecule has 0 saturated carbocycles. The van der Waals surface area contributed by atoms with Gasteiger partial charge in [0.05, 0.1) is 0 Å². The summed E-state index contributed by atoms with van der Waals surface area (Å²) in [5.74, 6) is -1.66. The first-order chi connectivity index (χ1) is 12.3. The number of rotatable bonds is 15. The molecule has 0 spiro atoms. The van der Waals surface area contributed by atoms with Gasteiger partial charge in [-0.3, -0.25) is 14.4 Å². The maximum absolute atomic E-state index is 11.5. The van der Waals surface area contributed by atoms with Crippen molar-refractivity contribution >= 4 is 28.8 Å². The van der Waals surface area contributed by atoms with Crippen LogP contribution in [0.15, 0.2) is 0 Å². The first-order valence-electron chi connectivity index (χ1n) is 9.99. The van der Waals surface area contributed by atoms with Gasteiger partial charge in [0, 0.05) is 12.8 Å². The zero-order valence-corrected chi connectivity index (χ0v) is 17.6. The zero-order valence-electron chi connectivity index (χ0n) is 16.8. The predicted molar refractivity (Wildman–Crippen MR) is 109 cm³/mol. The van der Waals surface area contributed by atoms with E-state index in [4.69, 9.17) is 10.2 Å². The fourth-order valence-corrected chi connectivity index (χ4v) is 3.00. The molecule has 1 unspecified atom stereocenters. The first kappa shape index (κ1) is 27.2. The molecule has 0 rings (SSSR count). The summed E-state index contributed by atoms with van der Waals surface area (Å²) in [7, 11) is 0. The number of hydrogen-bond acceptors (Lipinski definition) is 4. The van der Waals surface area contributed by atoms with Gasteiger partial charge in [0.2, 0.25) is 0 Å². The Hall–Kier alpha value is -1.04. The van der Waals surface area contributed by atoms with Gasteiger partial charge in [-0.15, -0.1) is 0 Å². The second-order valence-electron chi connectivity index (χ2n) is 6.50. The van der Waals surface area contributed by atoms with Crippen LogP contribution in [0.5, 0.6) is 0 Å². The molecule has 0 aliphatic rings. The fraction of sp³-hybridized carbons (Fsp3) is 0.850. The lowest BCUT2D eigenvalue weighted by Gasteiger charge is -2.05. The highest BCUT2D eigenvalue weighted by molar-refractivity contribution is 8.14. The quantitative estimate of drug-likeness (QED) is 0.338. The molecule has 0 radical (unpaired) electrons. The van der Waals surface area contributed by atoms with Crippen LogP contribution < -0.4 is 0 Å². The molecule has 0 aliphatic heterocycles. The highest BCUT2D eigenvalue weighted by Gasteiger charge is 2.15. The van der Waals surface area contributed by atoms with Crippen molar-refractivity contribution in [3.05, 3.63) is 0 Å². The summed E-state index contributed by atoms with van der Waals surface area (Å²) in [5, 5.41) is 15.8. The summed E-state index contributed by atoms with van der Waals surface area (Å²) in [6.45, 7) is 5.40. The molecular weight excluding hydrogens is 352 g/mol. The zero-order chi connectivity index (χ0) is 20.2. The number of carboxylic acid groups (broad SMARTS) is 2. The summed E-state index contributed by atoms with van der Waals surface area (Å²) >= 11 is 0.951. The Bertz CT molecular complexity index is 371. The second-order valence-corrected chi connectivity index (χ2v) is 7.90. The van der Waals surface area contributed by atoms with Crippen LogP contribution >= 0.6 is 11.8 Å². The molecule has 1 atom stereocenters. The SMILES string of the molecule is CCC(=O)O.CCCCCCCCCCCCCC(=O)SC(C)C(=O)O. The molecule has 26 heavy (non-hydrogen) atoms. The van der Waals surface area contributed by atoms with Gasteiger partial charge in [-0.05, 0) is 13.3 Å². The predicted octanol–water partition coefficient (Wildman–Crippen LogP) is 5.90. The fourth-order valence-electron chi connectivity index (χ4n) is 2.24.